The molecule has 0 heterocycles. The lowest BCUT2D eigenvalue weighted by atomic mass is 9.46. The first-order valence-electron chi connectivity index (χ1n) is 17.8. The lowest BCUT2D eigenvalue weighted by molar-refractivity contribution is 0.345. The molecular weight excluding hydrogens is 696 g/mol. The predicted octanol–water partition coefficient (Wildman–Crippen LogP) is 8.87. The monoisotopic (exact) mass is 742 g/mol. The Hall–Kier alpha value is -6.48. The maximum Gasteiger partial charge on any atom is 0.200 e. The second-order valence-electron chi connectivity index (χ2n) is 14.9. The van der Waals surface area contributed by atoms with Crippen LogP contribution in [0.25, 0.3) is 0 Å². The van der Waals surface area contributed by atoms with E-state index in [4.69, 9.17) is 0 Å². The van der Waals surface area contributed by atoms with Crippen molar-refractivity contribution >= 4 is 0 Å². The van der Waals surface area contributed by atoms with Crippen LogP contribution >= 0.6 is 0 Å². The van der Waals surface area contributed by atoms with Gasteiger partial charge >= 0.3 is 0 Å². The van der Waals surface area contributed by atoms with Crippen molar-refractivity contribution in [2.45, 2.75) is 66.2 Å². The van der Waals surface area contributed by atoms with Crippen molar-refractivity contribution in [1.29, 1.82) is 0 Å². The molecule has 9 heteroatoms. The van der Waals surface area contributed by atoms with E-state index in [-0.39, 0.29) is 28.6 Å². The second-order valence-corrected chi connectivity index (χ2v) is 14.9. The maximum atomic E-state index is 12.4. The molecule has 55 heavy (non-hydrogen) atoms. The van der Waals surface area contributed by atoms with Gasteiger partial charge in [0.1, 0.15) is 23.0 Å². The zero-order valence-electron chi connectivity index (χ0n) is 32.0. The fourth-order valence-corrected chi connectivity index (χ4v) is 8.58. The van der Waals surface area contributed by atoms with Crippen molar-refractivity contribution < 1.29 is 46.0 Å². The molecule has 0 bridgehead atoms. The molecule has 0 unspecified atom stereocenters. The minimum absolute atomic E-state index is 0.0222. The van der Waals surface area contributed by atoms with Gasteiger partial charge in [0.2, 0.25) is 5.75 Å². The molecule has 6 rings (SSSR count). The molecule has 0 fully saturated rings. The van der Waals surface area contributed by atoms with Gasteiger partial charge in [-0.2, -0.15) is 0 Å². The average Bonchev–Trinajstić information content (AvgIpc) is 3.13. The van der Waals surface area contributed by atoms with Gasteiger partial charge < -0.3 is 46.0 Å². The number of hydrogen-bond donors (Lipinski definition) is 9. The Kier molecular flexibility index (Phi) is 9.34. The first-order valence-corrected chi connectivity index (χ1v) is 17.8. The topological polar surface area (TPSA) is 182 Å². The van der Waals surface area contributed by atoms with E-state index in [9.17, 15) is 46.0 Å². The summed E-state index contributed by atoms with van der Waals surface area (Å²) in [7, 11) is 0. The Morgan fingerprint density at radius 2 is 0.582 bits per heavy atom. The molecule has 9 N–H and O–H groups in total. The molecule has 9 nitrogen and oxygen atoms in total. The van der Waals surface area contributed by atoms with Crippen LogP contribution in [0.15, 0.2) is 78.9 Å². The summed E-state index contributed by atoms with van der Waals surface area (Å²) in [5.74, 6) is -2.84. The smallest absolute Gasteiger partial charge is 0.200 e. The van der Waals surface area contributed by atoms with Crippen molar-refractivity contribution in [3.63, 3.8) is 0 Å². The highest BCUT2D eigenvalue weighted by Gasteiger charge is 2.60. The van der Waals surface area contributed by atoms with Gasteiger partial charge in [-0.1, -0.05) is 60.7 Å². The number of aromatic hydroxyl groups is 9. The van der Waals surface area contributed by atoms with Crippen molar-refractivity contribution in [2.24, 2.45) is 0 Å². The van der Waals surface area contributed by atoms with Crippen molar-refractivity contribution in [3.05, 3.63) is 157 Å². The molecule has 6 aromatic rings. The molecular formula is C46H46O9. The molecule has 0 saturated carbocycles. The van der Waals surface area contributed by atoms with E-state index in [2.05, 4.69) is 0 Å². The third-order valence-electron chi connectivity index (χ3n) is 11.2. The van der Waals surface area contributed by atoms with E-state index >= 15 is 0 Å². The number of rotatable bonds is 7. The van der Waals surface area contributed by atoms with E-state index in [1.54, 1.807) is 110 Å². The van der Waals surface area contributed by atoms with Crippen LogP contribution in [0.5, 0.6) is 51.7 Å². The first kappa shape index (κ1) is 38.3. The number of hydrogen-bond acceptors (Lipinski definition) is 9. The molecule has 0 amide bonds. The van der Waals surface area contributed by atoms with E-state index in [1.807, 2.05) is 0 Å². The molecule has 0 spiro atoms. The molecule has 0 atom stereocenters. The highest BCUT2D eigenvalue weighted by atomic mass is 16.3. The number of phenolic OH excluding ortho intramolecular Hbond substituents is 9. The number of aryl methyl sites for hydroxylation is 8. The molecule has 0 aliphatic carbocycles. The molecule has 0 saturated heterocycles. The lowest BCUT2D eigenvalue weighted by Gasteiger charge is -2.54. The van der Waals surface area contributed by atoms with Gasteiger partial charge in [0.05, 0.1) is 10.8 Å². The standard InChI is InChI=1S/C46H46O9/c1-22-13-31(14-23(2)39(22)50)45(30-9-11-36(47)38(49)21-30,32-15-24(3)40(51)25(4)16-32)46(33-17-26(5)41(52)27(6)18-33,34-19-28(7)42(53)29(8)20-34)35-10-12-37(48)44(55)43(35)54/h9-21,47-55H,1-8H3. The summed E-state index contributed by atoms with van der Waals surface area (Å²) in [6.45, 7) is 13.9. The van der Waals surface area contributed by atoms with E-state index in [0.717, 1.165) is 0 Å². The van der Waals surface area contributed by atoms with Gasteiger partial charge in [-0.05, 0) is 146 Å². The van der Waals surface area contributed by atoms with Crippen molar-refractivity contribution in [1.82, 2.24) is 0 Å². The van der Waals surface area contributed by atoms with Crippen LogP contribution in [0.4, 0.5) is 0 Å². The second kappa shape index (κ2) is 13.4. The largest absolute Gasteiger partial charge is 0.507 e. The maximum absolute atomic E-state index is 12.4. The van der Waals surface area contributed by atoms with E-state index < -0.39 is 39.6 Å². The Morgan fingerprint density at radius 3 is 0.909 bits per heavy atom. The summed E-state index contributed by atoms with van der Waals surface area (Å²) in [4.78, 5) is 0. The van der Waals surface area contributed by atoms with Gasteiger partial charge in [-0.25, -0.2) is 0 Å². The fraction of sp³-hybridized carbons (Fsp3) is 0.217. The van der Waals surface area contributed by atoms with Crippen LogP contribution < -0.4 is 0 Å². The zero-order chi connectivity index (χ0) is 40.5. The Labute approximate surface area is 320 Å². The molecule has 0 aliphatic heterocycles. The van der Waals surface area contributed by atoms with Crippen molar-refractivity contribution in [3.8, 4) is 51.7 Å². The van der Waals surface area contributed by atoms with Gasteiger partial charge in [-0.3, -0.25) is 0 Å². The van der Waals surface area contributed by atoms with Crippen molar-refractivity contribution in [2.75, 3.05) is 0 Å². The van der Waals surface area contributed by atoms with Crippen LogP contribution in [0.2, 0.25) is 0 Å². The normalized spacial score (nSPS) is 11.9. The van der Waals surface area contributed by atoms with E-state index in [0.29, 0.717) is 72.3 Å². The number of phenols is 9. The highest BCUT2D eigenvalue weighted by Crippen LogP contribution is 2.64. The van der Waals surface area contributed by atoms with Gasteiger partial charge in [0.15, 0.2) is 23.0 Å². The first-order chi connectivity index (χ1) is 25.8. The minimum Gasteiger partial charge on any atom is -0.507 e. The Morgan fingerprint density at radius 1 is 0.273 bits per heavy atom. The summed E-state index contributed by atoms with van der Waals surface area (Å²) < 4.78 is 0. The zero-order valence-corrected chi connectivity index (χ0v) is 32.0. The predicted molar refractivity (Wildman–Crippen MR) is 211 cm³/mol. The highest BCUT2D eigenvalue weighted by molar-refractivity contribution is 5.75. The molecule has 0 aromatic heterocycles. The summed E-state index contributed by atoms with van der Waals surface area (Å²) in [5.41, 5.74) is 2.59. The molecule has 0 aliphatic rings. The molecule has 0 radical (unpaired) electrons. The summed E-state index contributed by atoms with van der Waals surface area (Å²) in [6, 6.07) is 21.4. The summed E-state index contributed by atoms with van der Waals surface area (Å²) >= 11 is 0. The van der Waals surface area contributed by atoms with Gasteiger partial charge in [-0.15, -0.1) is 0 Å². The number of benzene rings is 6. The van der Waals surface area contributed by atoms with Gasteiger partial charge in [0.25, 0.3) is 0 Å². The Balaban J connectivity index is 2.14. The summed E-state index contributed by atoms with van der Waals surface area (Å²) in [6.07, 6.45) is 0. The van der Waals surface area contributed by atoms with Crippen LogP contribution in [0.3, 0.4) is 0 Å². The summed E-state index contributed by atoms with van der Waals surface area (Å²) in [5, 5.41) is 102. The third-order valence-corrected chi connectivity index (χ3v) is 11.2. The quantitative estimate of drug-likeness (QED) is 0.0570. The van der Waals surface area contributed by atoms with Crippen LogP contribution in [-0.4, -0.2) is 46.0 Å². The lowest BCUT2D eigenvalue weighted by Crippen LogP contribution is -2.53. The fourth-order valence-electron chi connectivity index (χ4n) is 8.58. The minimum atomic E-state index is -1.83. The van der Waals surface area contributed by atoms with Gasteiger partial charge in [0, 0.05) is 5.56 Å². The van der Waals surface area contributed by atoms with Crippen LogP contribution in [0, 0.1) is 55.4 Å². The molecule has 284 valence electrons. The Bertz CT molecular complexity index is 2320. The SMILES string of the molecule is Cc1cc(C(c2cc(C)c(O)c(C)c2)(c2ccc(O)c(O)c2)C(c2cc(C)c(O)c(C)c2)(c2cc(C)c(O)c(C)c2)c2ccc(O)c(O)c2O)cc(C)c1O. The van der Waals surface area contributed by atoms with Crippen LogP contribution in [-0.2, 0) is 10.8 Å². The molecule has 6 aromatic carbocycles. The van der Waals surface area contributed by atoms with E-state index in [1.165, 1.54) is 24.3 Å². The van der Waals surface area contributed by atoms with Crippen LogP contribution in [0.1, 0.15) is 77.9 Å². The average molecular weight is 743 g/mol. The third kappa shape index (κ3) is 5.61.